The summed E-state index contributed by atoms with van der Waals surface area (Å²) in [4.78, 5) is 37.9. The molecule has 1 radical (unpaired) electrons. The van der Waals surface area contributed by atoms with Gasteiger partial charge in [-0.1, -0.05) is 195 Å². The zero-order chi connectivity index (χ0) is 76.7. The first-order valence-corrected chi connectivity index (χ1v) is 41.6. The average molecular weight is 1610 g/mol. The standard InChI is InChI=1S/C83H115Cl4N9O9S.V/c1-22-53-64(85)71(101-39-30-48(13)14)58-56(68(53)98-36-27-45(7)8)78-90-77(58)88-76-55-57(70(100-38-29-47(11)12)63(84)52(21)67(55)97-35-26-44(5)6)79(89-76)92-80-59-60(72(102-40-31-49(15)16)65(86)54(23-2)69(59)99-37-28-46(9)10)82-93-83-62-61(81(91-78)96(83)105-95(80)82)73(103-41-32-50(17)18)66(87)75(74(62)104-42-33-51(19)20)106-43-34-94(24-3)25-4;/h44-51H,22-43H2,1-21H3;. The maximum atomic E-state index is 8.16. The number of nitrogens with zero attached hydrogens (tertiary/aromatic N) is 9. The number of ether oxygens (including phenoxy) is 8. The molecule has 107 heavy (non-hydrogen) atoms. The molecule has 18 nitrogen and oxygen atoms in total. The minimum absolute atomic E-state index is 0. The van der Waals surface area contributed by atoms with Crippen molar-refractivity contribution in [1.29, 1.82) is 0 Å². The third-order valence-corrected chi connectivity index (χ3v) is 22.3. The van der Waals surface area contributed by atoms with Crippen LogP contribution < -0.4 is 58.6 Å². The summed E-state index contributed by atoms with van der Waals surface area (Å²) in [6, 6.07) is 0. The molecule has 6 heterocycles. The molecule has 0 spiro atoms. The predicted molar refractivity (Wildman–Crippen MR) is 435 cm³/mol. The summed E-state index contributed by atoms with van der Waals surface area (Å²) in [7, 11) is 0. The minimum Gasteiger partial charge on any atom is -0.493 e. The summed E-state index contributed by atoms with van der Waals surface area (Å²) >= 11 is 33.4. The third kappa shape index (κ3) is 18.7. The van der Waals surface area contributed by atoms with Gasteiger partial charge in [-0.05, 0) is 136 Å². The van der Waals surface area contributed by atoms with Crippen LogP contribution in [0, 0.1) is 54.3 Å². The van der Waals surface area contributed by atoms with Crippen molar-refractivity contribution in [3.05, 3.63) is 58.9 Å². The molecule has 4 aromatic carbocycles. The summed E-state index contributed by atoms with van der Waals surface area (Å²) < 4.78 is 68.4. The molecule has 6 aromatic rings. The maximum absolute atomic E-state index is 8.16. The molecular formula is C83H115Cl4N9O9SV. The number of benzene rings is 4. The molecule has 0 fully saturated rings. The number of hydrogen-bond acceptors (Lipinski definition) is 16. The van der Waals surface area contributed by atoms with Gasteiger partial charge in [0.25, 0.3) is 11.5 Å². The molecule has 0 unspecified atom stereocenters. The molecule has 4 aliphatic rings. The Hall–Kier alpha value is -5.51. The zero-order valence-corrected chi connectivity index (χ0v) is 72.5. The SMILES string of the molecule is CCc1c(Cl)c(OCCC(C)C)c2c(c1OCCC(C)C)C1=Nc3c4c(OCCC(C)C)c(Cl)c(SCCN(CC)CC)c(OCCC(C)C)c4c4nc5c6c(OCCC(C)C)c(Cl)c(CC)c(OCCC(C)C)c6c([n+]-5on34)N=c3[n-]c(c4c(OCCC(C)C)c(C)c(Cl)c(OCCC(C)C)c34)=NC2=N1.[V]. The predicted octanol–water partition coefficient (Wildman–Crippen LogP) is 21.4. The summed E-state index contributed by atoms with van der Waals surface area (Å²) in [6.07, 6.45) is 6.73. The van der Waals surface area contributed by atoms with E-state index in [0.29, 0.717) is 251 Å². The van der Waals surface area contributed by atoms with Gasteiger partial charge in [0.2, 0.25) is 5.82 Å². The van der Waals surface area contributed by atoms with Crippen molar-refractivity contribution in [2.75, 3.05) is 78.2 Å². The molecule has 0 aliphatic carbocycles. The fourth-order valence-corrected chi connectivity index (χ4v) is 15.4. The van der Waals surface area contributed by atoms with Gasteiger partial charge < -0.3 is 57.8 Å². The summed E-state index contributed by atoms with van der Waals surface area (Å²) in [6.45, 7) is 50.5. The van der Waals surface area contributed by atoms with Gasteiger partial charge in [0.15, 0.2) is 23.2 Å². The summed E-state index contributed by atoms with van der Waals surface area (Å²) in [5.74, 6) is 7.63. The molecule has 6 bridgehead atoms. The summed E-state index contributed by atoms with van der Waals surface area (Å²) in [5, 5.41) is 4.44. The van der Waals surface area contributed by atoms with E-state index in [-0.39, 0.29) is 64.7 Å². The number of fused-ring (bicyclic) bond motifs is 15. The number of thioether (sulfide) groups is 1. The van der Waals surface area contributed by atoms with Crippen molar-refractivity contribution in [1.82, 2.24) is 19.4 Å². The van der Waals surface area contributed by atoms with E-state index in [0.717, 1.165) is 69.3 Å². The average Bonchev–Trinajstić information content (AvgIpc) is 1.53. The third-order valence-electron chi connectivity index (χ3n) is 19.5. The molecule has 0 saturated carbocycles. The van der Waals surface area contributed by atoms with E-state index in [1.807, 2.05) is 6.92 Å². The Morgan fingerprint density at radius 3 is 1.34 bits per heavy atom. The molecule has 0 saturated heterocycles. The molecule has 0 N–H and O–H groups in total. The van der Waals surface area contributed by atoms with E-state index in [1.54, 1.807) is 21.1 Å². The first kappa shape index (κ1) is 85.5. The van der Waals surface area contributed by atoms with E-state index < -0.39 is 0 Å². The second-order valence-corrected chi connectivity index (χ2v) is 34.2. The number of hydrogen-bond donors (Lipinski definition) is 0. The molecule has 0 amide bonds. The van der Waals surface area contributed by atoms with Crippen LogP contribution in [0.3, 0.4) is 0 Å². The van der Waals surface area contributed by atoms with Crippen LogP contribution in [0.4, 0.5) is 11.6 Å². The van der Waals surface area contributed by atoms with Gasteiger partial charge in [-0.2, -0.15) is 9.62 Å². The van der Waals surface area contributed by atoms with Gasteiger partial charge in [-0.25, -0.2) is 4.99 Å². The Bertz CT molecular complexity index is 4610. The number of aliphatic imine (C=N–C) groups is 2. The number of halogens is 4. The molecule has 0 atom stereocenters. The maximum Gasteiger partial charge on any atom is 0.286 e. The molecule has 2 aromatic heterocycles. The summed E-state index contributed by atoms with van der Waals surface area (Å²) in [5.41, 5.74) is 3.74. The molecule has 24 heteroatoms. The number of aromatic nitrogens is 4. The normalized spacial score (nSPS) is 13.0. The van der Waals surface area contributed by atoms with E-state index in [4.69, 9.17) is 119 Å². The molecule has 10 rings (SSSR count). The van der Waals surface area contributed by atoms with Crippen LogP contribution in [0.5, 0.6) is 46.0 Å². The monoisotopic (exact) mass is 1600 g/mol. The van der Waals surface area contributed by atoms with Crippen LogP contribution in [0.2, 0.25) is 20.1 Å². The van der Waals surface area contributed by atoms with Crippen LogP contribution in [0.25, 0.3) is 43.8 Å². The van der Waals surface area contributed by atoms with Crippen molar-refractivity contribution in [2.45, 2.75) is 215 Å². The van der Waals surface area contributed by atoms with Crippen molar-refractivity contribution in [3.63, 3.8) is 0 Å². The van der Waals surface area contributed by atoms with Crippen LogP contribution in [0.15, 0.2) is 29.5 Å². The first-order valence-electron chi connectivity index (χ1n) is 39.1. The van der Waals surface area contributed by atoms with Crippen molar-refractivity contribution >= 4 is 119 Å². The molecular weight excluding hydrogens is 1490 g/mol. The van der Waals surface area contributed by atoms with E-state index >= 15 is 0 Å². The fraction of sp³-hybridized carbons (Fsp3) is 0.614. The smallest absolute Gasteiger partial charge is 0.286 e. The molecule has 4 aliphatic heterocycles. The van der Waals surface area contributed by atoms with Crippen LogP contribution in [-0.4, -0.2) is 104 Å². The van der Waals surface area contributed by atoms with E-state index in [1.165, 1.54) is 0 Å². The Morgan fingerprint density at radius 2 is 0.841 bits per heavy atom. The van der Waals surface area contributed by atoms with Gasteiger partial charge in [0.1, 0.15) is 50.3 Å². The van der Waals surface area contributed by atoms with Crippen LogP contribution in [-0.2, 0) is 31.4 Å². The van der Waals surface area contributed by atoms with Crippen LogP contribution >= 0.6 is 58.2 Å². The Labute approximate surface area is 670 Å². The Morgan fingerprint density at radius 1 is 0.439 bits per heavy atom. The first-order chi connectivity index (χ1) is 50.6. The number of amidine groups is 2. The van der Waals surface area contributed by atoms with Crippen molar-refractivity contribution in [3.8, 4) is 51.8 Å². The fourth-order valence-electron chi connectivity index (χ4n) is 12.9. The second-order valence-electron chi connectivity index (χ2n) is 31.6. The van der Waals surface area contributed by atoms with Gasteiger partial charge in [-0.15, -0.1) is 11.8 Å². The Kier molecular flexibility index (Phi) is 30.5. The van der Waals surface area contributed by atoms with E-state index in [9.17, 15) is 0 Å². The van der Waals surface area contributed by atoms with Crippen molar-refractivity contribution < 1.29 is 65.8 Å². The van der Waals surface area contributed by atoms with Crippen LogP contribution in [0.1, 0.15) is 218 Å². The topological polar surface area (TPSA) is 175 Å². The van der Waals surface area contributed by atoms with Gasteiger partial charge in [0, 0.05) is 69.3 Å². The second kappa shape index (κ2) is 38.1. The number of rotatable bonds is 40. The van der Waals surface area contributed by atoms with Gasteiger partial charge in [-0.3, -0.25) is 0 Å². The minimum atomic E-state index is 0. The van der Waals surface area contributed by atoms with Gasteiger partial charge >= 0.3 is 0 Å². The van der Waals surface area contributed by atoms with Crippen molar-refractivity contribution in [2.24, 2.45) is 67.3 Å². The molecule has 585 valence electrons. The van der Waals surface area contributed by atoms with E-state index in [2.05, 4.69) is 143 Å². The largest absolute Gasteiger partial charge is 0.493 e. The Balaban J connectivity index is 0.0000132. The van der Waals surface area contributed by atoms with Gasteiger partial charge in [0.05, 0.1) is 101 Å². The quantitative estimate of drug-likeness (QED) is 0.0262. The zero-order valence-electron chi connectivity index (χ0n) is 67.2.